The van der Waals surface area contributed by atoms with E-state index in [1.54, 1.807) is 0 Å². The van der Waals surface area contributed by atoms with Crippen LogP contribution in [0.4, 0.5) is 0 Å². The predicted octanol–water partition coefficient (Wildman–Crippen LogP) is 4.63. The zero-order valence-electron chi connectivity index (χ0n) is 12.7. The Labute approximate surface area is 141 Å². The van der Waals surface area contributed by atoms with Crippen LogP contribution in [0.1, 0.15) is 24.0 Å². The lowest BCUT2D eigenvalue weighted by atomic mass is 10.1. The van der Waals surface area contributed by atoms with E-state index in [1.807, 2.05) is 6.07 Å². The van der Waals surface area contributed by atoms with Gasteiger partial charge in [-0.15, -0.1) is 0 Å². The summed E-state index contributed by atoms with van der Waals surface area (Å²) in [6.07, 6.45) is 2.66. The van der Waals surface area contributed by atoms with E-state index in [0.717, 1.165) is 43.6 Å². The van der Waals surface area contributed by atoms with Gasteiger partial charge in [0, 0.05) is 24.1 Å². The number of rotatable bonds is 5. The lowest BCUT2D eigenvalue weighted by molar-refractivity contribution is -0.00394. The Morgan fingerprint density at radius 3 is 2.27 bits per heavy atom. The first-order valence-electron chi connectivity index (χ1n) is 7.92. The molecule has 1 aliphatic heterocycles. The number of likely N-dealkylation sites (tertiary alicyclic amines) is 1. The van der Waals surface area contributed by atoms with Gasteiger partial charge >= 0.3 is 0 Å². The summed E-state index contributed by atoms with van der Waals surface area (Å²) in [4.78, 5) is 2.52. The van der Waals surface area contributed by atoms with Gasteiger partial charge in [0.05, 0.1) is 12.7 Å². The first-order valence-corrected chi connectivity index (χ1v) is 8.71. The molecule has 0 aromatic heterocycles. The minimum Gasteiger partial charge on any atom is -0.373 e. The lowest BCUT2D eigenvalue weighted by Crippen LogP contribution is -2.36. The third kappa shape index (κ3) is 4.67. The van der Waals surface area contributed by atoms with Crippen molar-refractivity contribution >= 4 is 15.9 Å². The van der Waals surface area contributed by atoms with E-state index in [2.05, 4.69) is 69.4 Å². The van der Waals surface area contributed by atoms with E-state index in [1.165, 1.54) is 11.1 Å². The minimum atomic E-state index is 0.404. The molecule has 0 aliphatic carbocycles. The molecule has 0 saturated carbocycles. The van der Waals surface area contributed by atoms with Crippen molar-refractivity contribution in [2.45, 2.75) is 32.1 Å². The van der Waals surface area contributed by atoms with Gasteiger partial charge in [-0.05, 0) is 36.1 Å². The van der Waals surface area contributed by atoms with Crippen LogP contribution in [-0.4, -0.2) is 24.1 Å². The zero-order chi connectivity index (χ0) is 15.2. The standard InChI is InChI=1S/C19H22BrNO/c20-18-8-6-16(7-9-18)14-21-12-10-19(11-13-21)22-15-17-4-2-1-3-5-17/h1-9,19H,10-15H2. The normalized spacial score (nSPS) is 16.8. The average Bonchev–Trinajstić information content (AvgIpc) is 2.57. The van der Waals surface area contributed by atoms with Crippen LogP contribution >= 0.6 is 15.9 Å². The van der Waals surface area contributed by atoms with Crippen molar-refractivity contribution in [3.63, 3.8) is 0 Å². The fourth-order valence-electron chi connectivity index (χ4n) is 2.87. The first-order chi connectivity index (χ1) is 10.8. The van der Waals surface area contributed by atoms with Crippen LogP contribution in [0.15, 0.2) is 59.1 Å². The Bertz CT molecular complexity index is 562. The molecule has 1 aliphatic rings. The fraction of sp³-hybridized carbons (Fsp3) is 0.368. The highest BCUT2D eigenvalue weighted by molar-refractivity contribution is 9.10. The van der Waals surface area contributed by atoms with Gasteiger partial charge in [-0.3, -0.25) is 4.90 Å². The molecule has 0 radical (unpaired) electrons. The van der Waals surface area contributed by atoms with Crippen molar-refractivity contribution in [1.29, 1.82) is 0 Å². The molecule has 0 atom stereocenters. The number of benzene rings is 2. The average molecular weight is 360 g/mol. The van der Waals surface area contributed by atoms with Gasteiger partial charge in [-0.25, -0.2) is 0 Å². The number of nitrogens with zero attached hydrogens (tertiary/aromatic N) is 1. The molecule has 2 aromatic rings. The molecular weight excluding hydrogens is 338 g/mol. The van der Waals surface area contributed by atoms with E-state index in [-0.39, 0.29) is 0 Å². The molecule has 0 spiro atoms. The van der Waals surface area contributed by atoms with Crippen LogP contribution < -0.4 is 0 Å². The summed E-state index contributed by atoms with van der Waals surface area (Å²) in [5, 5.41) is 0. The van der Waals surface area contributed by atoms with Gasteiger partial charge in [0.2, 0.25) is 0 Å². The third-order valence-corrected chi connectivity index (χ3v) is 4.71. The highest BCUT2D eigenvalue weighted by atomic mass is 79.9. The molecule has 0 N–H and O–H groups in total. The Kier molecular flexibility index (Phi) is 5.65. The summed E-state index contributed by atoms with van der Waals surface area (Å²) < 4.78 is 7.19. The Morgan fingerprint density at radius 2 is 1.59 bits per heavy atom. The van der Waals surface area contributed by atoms with Gasteiger partial charge in [0.15, 0.2) is 0 Å². The van der Waals surface area contributed by atoms with Gasteiger partial charge in [-0.2, -0.15) is 0 Å². The Hall–Kier alpha value is -1.16. The summed E-state index contributed by atoms with van der Waals surface area (Å²) in [5.41, 5.74) is 2.65. The molecular formula is C19H22BrNO. The van der Waals surface area contributed by atoms with Crippen molar-refractivity contribution in [3.8, 4) is 0 Å². The molecule has 3 rings (SSSR count). The monoisotopic (exact) mass is 359 g/mol. The van der Waals surface area contributed by atoms with Crippen molar-refractivity contribution in [2.24, 2.45) is 0 Å². The molecule has 0 amide bonds. The molecule has 2 aromatic carbocycles. The summed E-state index contributed by atoms with van der Waals surface area (Å²) in [5.74, 6) is 0. The molecule has 3 heteroatoms. The van der Waals surface area contributed by atoms with E-state index >= 15 is 0 Å². The number of piperidine rings is 1. The van der Waals surface area contributed by atoms with Crippen molar-refractivity contribution in [1.82, 2.24) is 4.90 Å². The summed E-state index contributed by atoms with van der Waals surface area (Å²) in [6.45, 7) is 4.02. The SMILES string of the molecule is Brc1ccc(CN2CCC(OCc3ccccc3)CC2)cc1. The number of ether oxygens (including phenoxy) is 1. The van der Waals surface area contributed by atoms with Gasteiger partial charge < -0.3 is 4.74 Å². The van der Waals surface area contributed by atoms with Crippen molar-refractivity contribution in [2.75, 3.05) is 13.1 Å². The number of hydrogen-bond acceptors (Lipinski definition) is 2. The van der Waals surface area contributed by atoms with Crippen LogP contribution in [0, 0.1) is 0 Å². The third-order valence-electron chi connectivity index (χ3n) is 4.18. The summed E-state index contributed by atoms with van der Waals surface area (Å²) in [6, 6.07) is 19.1. The molecule has 22 heavy (non-hydrogen) atoms. The lowest BCUT2D eigenvalue weighted by Gasteiger charge is -2.32. The maximum Gasteiger partial charge on any atom is 0.0720 e. The molecule has 1 fully saturated rings. The largest absolute Gasteiger partial charge is 0.373 e. The first kappa shape index (κ1) is 15.7. The minimum absolute atomic E-state index is 0.404. The molecule has 0 unspecified atom stereocenters. The van der Waals surface area contributed by atoms with Crippen LogP contribution in [0.2, 0.25) is 0 Å². The second kappa shape index (κ2) is 7.91. The van der Waals surface area contributed by atoms with Crippen LogP contribution in [0.3, 0.4) is 0 Å². The highest BCUT2D eigenvalue weighted by Crippen LogP contribution is 2.18. The van der Waals surface area contributed by atoms with Crippen molar-refractivity contribution < 1.29 is 4.74 Å². The number of hydrogen-bond donors (Lipinski definition) is 0. The topological polar surface area (TPSA) is 12.5 Å². The maximum atomic E-state index is 6.05. The smallest absolute Gasteiger partial charge is 0.0720 e. The summed E-state index contributed by atoms with van der Waals surface area (Å²) >= 11 is 3.48. The van der Waals surface area contributed by atoms with E-state index < -0.39 is 0 Å². The van der Waals surface area contributed by atoms with E-state index in [0.29, 0.717) is 6.10 Å². The Morgan fingerprint density at radius 1 is 0.909 bits per heavy atom. The van der Waals surface area contributed by atoms with E-state index in [4.69, 9.17) is 4.74 Å². The van der Waals surface area contributed by atoms with Gasteiger partial charge in [-0.1, -0.05) is 58.4 Å². The molecule has 1 saturated heterocycles. The summed E-state index contributed by atoms with van der Waals surface area (Å²) in [7, 11) is 0. The number of halogens is 1. The molecule has 2 nitrogen and oxygen atoms in total. The van der Waals surface area contributed by atoms with Crippen LogP contribution in [0.5, 0.6) is 0 Å². The molecule has 1 heterocycles. The zero-order valence-corrected chi connectivity index (χ0v) is 14.3. The molecule has 116 valence electrons. The van der Waals surface area contributed by atoms with Crippen LogP contribution in [-0.2, 0) is 17.9 Å². The predicted molar refractivity (Wildman–Crippen MR) is 93.7 cm³/mol. The van der Waals surface area contributed by atoms with Crippen LogP contribution in [0.25, 0.3) is 0 Å². The fourth-order valence-corrected chi connectivity index (χ4v) is 3.13. The van der Waals surface area contributed by atoms with E-state index in [9.17, 15) is 0 Å². The highest BCUT2D eigenvalue weighted by Gasteiger charge is 2.19. The van der Waals surface area contributed by atoms with Crippen molar-refractivity contribution in [3.05, 3.63) is 70.2 Å². The quantitative estimate of drug-likeness (QED) is 0.771. The maximum absolute atomic E-state index is 6.05. The second-order valence-corrected chi connectivity index (χ2v) is 6.81. The van der Waals surface area contributed by atoms with Gasteiger partial charge in [0.1, 0.15) is 0 Å². The Balaban J connectivity index is 1.41. The second-order valence-electron chi connectivity index (χ2n) is 5.90. The molecule has 0 bridgehead atoms. The van der Waals surface area contributed by atoms with Gasteiger partial charge in [0.25, 0.3) is 0 Å².